The number of imidazole rings is 1. The Morgan fingerprint density at radius 1 is 0.943 bits per heavy atom. The lowest BCUT2D eigenvalue weighted by atomic mass is 10.0. The number of hydrogen-bond acceptors (Lipinski definition) is 6. The van der Waals surface area contributed by atoms with Crippen LogP contribution < -0.4 is 10.5 Å². The van der Waals surface area contributed by atoms with E-state index in [-0.39, 0.29) is 0 Å². The van der Waals surface area contributed by atoms with Crippen molar-refractivity contribution in [2.24, 2.45) is 0 Å². The van der Waals surface area contributed by atoms with Gasteiger partial charge in [0.2, 0.25) is 0 Å². The van der Waals surface area contributed by atoms with E-state index < -0.39 is 0 Å². The number of nitrogens with one attached hydrogen (secondary N) is 1. The molecule has 0 spiro atoms. The standard InChI is InChI=1S/C27H27N7O/c28-26-25-23(19-6-8-22(9-7-19)35-21-4-2-1-3-5-21)16-34(27(25)32-18-31-26)20-10-14-33(15-11-20)17-24-29-12-13-30-24/h1-9,12-13,16,18,20H,10-11,14-15,17H2,(H,29,30)(H2,28,31,32). The summed E-state index contributed by atoms with van der Waals surface area (Å²) in [5.74, 6) is 3.12. The van der Waals surface area contributed by atoms with Gasteiger partial charge in [0, 0.05) is 43.3 Å². The van der Waals surface area contributed by atoms with Gasteiger partial charge in [0.1, 0.15) is 35.1 Å². The molecule has 2 aromatic carbocycles. The van der Waals surface area contributed by atoms with Gasteiger partial charge in [-0.05, 0) is 42.7 Å². The van der Waals surface area contributed by atoms with Gasteiger partial charge in [-0.25, -0.2) is 15.0 Å². The van der Waals surface area contributed by atoms with Crippen LogP contribution in [0.4, 0.5) is 5.82 Å². The number of benzene rings is 2. The van der Waals surface area contributed by atoms with Crippen molar-refractivity contribution in [2.45, 2.75) is 25.4 Å². The van der Waals surface area contributed by atoms with E-state index >= 15 is 0 Å². The van der Waals surface area contributed by atoms with Crippen molar-refractivity contribution in [3.8, 4) is 22.6 Å². The molecule has 5 aromatic rings. The Hall–Kier alpha value is -4.17. The second-order valence-electron chi connectivity index (χ2n) is 8.89. The topological polar surface area (TPSA) is 97.9 Å². The second kappa shape index (κ2) is 9.23. The quantitative estimate of drug-likeness (QED) is 0.365. The van der Waals surface area contributed by atoms with Gasteiger partial charge in [0.25, 0.3) is 0 Å². The van der Waals surface area contributed by atoms with Crippen LogP contribution in [-0.4, -0.2) is 42.5 Å². The van der Waals surface area contributed by atoms with E-state index in [4.69, 9.17) is 10.5 Å². The molecule has 1 aliphatic heterocycles. The summed E-state index contributed by atoms with van der Waals surface area (Å²) < 4.78 is 8.26. The molecular formula is C27H27N7O. The van der Waals surface area contributed by atoms with Crippen LogP contribution in [0.15, 0.2) is 79.5 Å². The molecule has 0 radical (unpaired) electrons. The number of rotatable bonds is 6. The minimum absolute atomic E-state index is 0.356. The highest BCUT2D eigenvalue weighted by Gasteiger charge is 2.25. The maximum atomic E-state index is 6.36. The first-order valence-corrected chi connectivity index (χ1v) is 11.9. The Morgan fingerprint density at radius 3 is 2.46 bits per heavy atom. The first kappa shape index (κ1) is 21.4. The Morgan fingerprint density at radius 2 is 1.71 bits per heavy atom. The van der Waals surface area contributed by atoms with Gasteiger partial charge in [0.15, 0.2) is 0 Å². The summed E-state index contributed by atoms with van der Waals surface area (Å²) in [4.78, 5) is 18.9. The summed E-state index contributed by atoms with van der Waals surface area (Å²) in [6, 6.07) is 18.2. The minimum Gasteiger partial charge on any atom is -0.457 e. The fraction of sp³-hybridized carbons (Fsp3) is 0.222. The average Bonchev–Trinajstić information content (AvgIpc) is 3.55. The minimum atomic E-state index is 0.356. The van der Waals surface area contributed by atoms with Crippen LogP contribution in [0, 0.1) is 0 Å². The number of nitrogen functional groups attached to an aromatic ring is 1. The molecule has 0 amide bonds. The molecule has 4 heterocycles. The highest BCUT2D eigenvalue weighted by Crippen LogP contribution is 2.37. The molecule has 0 unspecified atom stereocenters. The van der Waals surface area contributed by atoms with Crippen molar-refractivity contribution in [1.29, 1.82) is 0 Å². The number of fused-ring (bicyclic) bond motifs is 1. The third-order valence-electron chi connectivity index (χ3n) is 6.66. The first-order valence-electron chi connectivity index (χ1n) is 11.9. The molecule has 0 bridgehead atoms. The number of nitrogens with zero attached hydrogens (tertiary/aromatic N) is 5. The highest BCUT2D eigenvalue weighted by molar-refractivity contribution is 6.00. The van der Waals surface area contributed by atoms with E-state index in [1.54, 1.807) is 12.5 Å². The van der Waals surface area contributed by atoms with Crippen LogP contribution in [0.25, 0.3) is 22.2 Å². The maximum Gasteiger partial charge on any atom is 0.146 e. The molecule has 1 fully saturated rings. The van der Waals surface area contributed by atoms with Crippen LogP contribution >= 0.6 is 0 Å². The van der Waals surface area contributed by atoms with Crippen molar-refractivity contribution in [2.75, 3.05) is 18.8 Å². The van der Waals surface area contributed by atoms with Gasteiger partial charge >= 0.3 is 0 Å². The van der Waals surface area contributed by atoms with Crippen LogP contribution in [-0.2, 0) is 6.54 Å². The Bertz CT molecular complexity index is 1400. The summed E-state index contributed by atoms with van der Waals surface area (Å²) in [5.41, 5.74) is 9.35. The molecule has 1 aliphatic rings. The number of likely N-dealkylation sites (tertiary alicyclic amines) is 1. The molecule has 0 aliphatic carbocycles. The van der Waals surface area contributed by atoms with Crippen LogP contribution in [0.5, 0.6) is 11.5 Å². The predicted octanol–water partition coefficient (Wildman–Crippen LogP) is 5.03. The zero-order valence-corrected chi connectivity index (χ0v) is 19.3. The van der Waals surface area contributed by atoms with E-state index in [9.17, 15) is 0 Å². The molecule has 1 saturated heterocycles. The Balaban J connectivity index is 1.26. The number of aromatic nitrogens is 5. The molecule has 0 saturated carbocycles. The summed E-state index contributed by atoms with van der Waals surface area (Å²) in [7, 11) is 0. The first-order chi connectivity index (χ1) is 17.2. The van der Waals surface area contributed by atoms with Gasteiger partial charge in [-0.2, -0.15) is 0 Å². The van der Waals surface area contributed by atoms with Gasteiger partial charge in [0.05, 0.1) is 11.9 Å². The molecule has 8 heteroatoms. The molecule has 8 nitrogen and oxygen atoms in total. The fourth-order valence-electron chi connectivity index (χ4n) is 4.88. The smallest absolute Gasteiger partial charge is 0.146 e. The zero-order valence-electron chi connectivity index (χ0n) is 19.3. The number of anilines is 1. The number of ether oxygens (including phenoxy) is 1. The summed E-state index contributed by atoms with van der Waals surface area (Å²) in [5, 5.41) is 0.905. The lowest BCUT2D eigenvalue weighted by molar-refractivity contribution is 0.178. The van der Waals surface area contributed by atoms with E-state index in [1.165, 1.54) is 0 Å². The van der Waals surface area contributed by atoms with Crippen LogP contribution in [0.1, 0.15) is 24.7 Å². The maximum absolute atomic E-state index is 6.36. The van der Waals surface area contributed by atoms with Crippen molar-refractivity contribution < 1.29 is 4.74 Å². The van der Waals surface area contributed by atoms with Crippen molar-refractivity contribution in [1.82, 2.24) is 29.4 Å². The monoisotopic (exact) mass is 465 g/mol. The predicted molar refractivity (Wildman–Crippen MR) is 136 cm³/mol. The van der Waals surface area contributed by atoms with E-state index in [0.717, 1.165) is 72.0 Å². The number of hydrogen-bond donors (Lipinski definition) is 2. The number of piperidine rings is 1. The number of aromatic amines is 1. The molecule has 176 valence electrons. The largest absolute Gasteiger partial charge is 0.457 e. The second-order valence-corrected chi connectivity index (χ2v) is 8.89. The normalized spacial score (nSPS) is 15.0. The van der Waals surface area contributed by atoms with Crippen molar-refractivity contribution in [3.63, 3.8) is 0 Å². The summed E-state index contributed by atoms with van der Waals surface area (Å²) >= 11 is 0. The lowest BCUT2D eigenvalue weighted by Gasteiger charge is -2.32. The number of H-pyrrole nitrogens is 1. The summed E-state index contributed by atoms with van der Waals surface area (Å²) in [6.45, 7) is 2.86. The van der Waals surface area contributed by atoms with E-state index in [1.807, 2.05) is 48.7 Å². The molecule has 0 atom stereocenters. The summed E-state index contributed by atoms with van der Waals surface area (Å²) in [6.07, 6.45) is 9.51. The Kier molecular flexibility index (Phi) is 5.64. The lowest BCUT2D eigenvalue weighted by Crippen LogP contribution is -2.34. The van der Waals surface area contributed by atoms with Gasteiger partial charge in [-0.15, -0.1) is 0 Å². The third-order valence-corrected chi connectivity index (χ3v) is 6.66. The number of nitrogens with two attached hydrogens (primary N) is 1. The van der Waals surface area contributed by atoms with E-state index in [2.05, 4.69) is 47.7 Å². The van der Waals surface area contributed by atoms with Gasteiger partial charge < -0.3 is 20.0 Å². The van der Waals surface area contributed by atoms with Gasteiger partial charge in [-0.1, -0.05) is 30.3 Å². The van der Waals surface area contributed by atoms with Crippen LogP contribution in [0.2, 0.25) is 0 Å². The SMILES string of the molecule is Nc1ncnc2c1c(-c1ccc(Oc3ccccc3)cc1)cn2C1CCN(Cc2ncc[nH]2)CC1. The average molecular weight is 466 g/mol. The molecule has 6 rings (SSSR count). The van der Waals surface area contributed by atoms with Crippen LogP contribution in [0.3, 0.4) is 0 Å². The van der Waals surface area contributed by atoms with Crippen molar-refractivity contribution in [3.05, 3.63) is 85.3 Å². The highest BCUT2D eigenvalue weighted by atomic mass is 16.5. The molecule has 3 aromatic heterocycles. The van der Waals surface area contributed by atoms with Gasteiger partial charge in [-0.3, -0.25) is 4.90 Å². The molecule has 3 N–H and O–H groups in total. The van der Waals surface area contributed by atoms with Crippen molar-refractivity contribution >= 4 is 16.9 Å². The molecule has 35 heavy (non-hydrogen) atoms. The third kappa shape index (κ3) is 4.36. The fourth-order valence-corrected chi connectivity index (χ4v) is 4.88. The van der Waals surface area contributed by atoms with E-state index in [0.29, 0.717) is 11.9 Å². The number of para-hydroxylation sites is 1. The molecular weight excluding hydrogens is 438 g/mol. The Labute approximate surface area is 203 Å². The zero-order chi connectivity index (χ0) is 23.6.